The number of esters is 1. The summed E-state index contributed by atoms with van der Waals surface area (Å²) in [6, 6.07) is 0. The molecule has 8 rings (SSSR count). The van der Waals surface area contributed by atoms with Gasteiger partial charge in [0.15, 0.2) is 6.29 Å². The number of carbonyl (C=O) groups excluding carboxylic acids is 1. The topological polar surface area (TPSA) is 324 Å². The van der Waals surface area contributed by atoms with Crippen molar-refractivity contribution >= 4 is 5.97 Å². The van der Waals surface area contributed by atoms with Crippen LogP contribution in [0.3, 0.4) is 0 Å². The van der Waals surface area contributed by atoms with Gasteiger partial charge in [-0.3, -0.25) is 4.79 Å². The van der Waals surface area contributed by atoms with E-state index in [0.717, 1.165) is 19.3 Å². The van der Waals surface area contributed by atoms with Gasteiger partial charge in [-0.1, -0.05) is 53.2 Å². The highest BCUT2D eigenvalue weighted by atomic mass is 17.2. The minimum atomic E-state index is -1.88. The molecule has 3 aliphatic heterocycles. The van der Waals surface area contributed by atoms with Gasteiger partial charge in [0.05, 0.1) is 43.5 Å². The summed E-state index contributed by atoms with van der Waals surface area (Å²) in [4.78, 5) is 25.3. The van der Waals surface area contributed by atoms with Gasteiger partial charge in [-0.25, -0.2) is 9.78 Å². The Kier molecular flexibility index (Phi) is 14.8. The highest BCUT2D eigenvalue weighted by Gasteiger charge is 2.71. The van der Waals surface area contributed by atoms with Crippen molar-refractivity contribution in [1.29, 1.82) is 0 Å². The number of aliphatic hydroxyl groups excluding tert-OH is 12. The lowest BCUT2D eigenvalue weighted by atomic mass is 9.33. The molecule has 0 aromatic heterocycles. The van der Waals surface area contributed by atoms with E-state index >= 15 is 4.79 Å². The van der Waals surface area contributed by atoms with Crippen molar-refractivity contribution in [2.45, 2.75) is 204 Å². The Morgan fingerprint density at radius 2 is 1.34 bits per heavy atom. The fourth-order valence-electron chi connectivity index (χ4n) is 15.1. The molecular formula is C48H78O20. The normalized spacial score (nSPS) is 56.0. The summed E-state index contributed by atoms with van der Waals surface area (Å²) >= 11 is 0. The summed E-state index contributed by atoms with van der Waals surface area (Å²) in [5, 5.41) is 129. The molecule has 3 heterocycles. The minimum Gasteiger partial charge on any atom is -0.432 e. The molecule has 0 aromatic rings. The van der Waals surface area contributed by atoms with Crippen LogP contribution in [-0.2, 0) is 38.3 Å². The SMILES string of the molecule is C[C@@H]1[C@H](C)CC[C@]2(C(=O)O[C@@H]3O[C@@H](CO[C@H]4O[C@H](CO)[C@H](OO[C@H]5O[C@H](C)[C@H](O)[C@H](O)[C@H]5O)[C@H](O)[C@H]4O)[C@@H](O)[C@@H](O)[C@@H]3O)CC[C@]3(C)C(=CC[C@H]4[C@]5(C)C[C@H](O)[C@@H](O)[C@@](C)(CO)[C@@H]5CC[C@@]43C)[C@H]12. The van der Waals surface area contributed by atoms with Crippen LogP contribution in [0.15, 0.2) is 11.6 Å². The molecule has 27 atom stereocenters. The first-order valence-corrected chi connectivity index (χ1v) is 24.7. The monoisotopic (exact) mass is 975 g/mol. The molecule has 0 amide bonds. The van der Waals surface area contributed by atoms with Gasteiger partial charge in [0.1, 0.15) is 67.1 Å². The molecule has 390 valence electrons. The molecule has 4 saturated carbocycles. The maximum absolute atomic E-state index is 15.0. The van der Waals surface area contributed by atoms with Crippen LogP contribution in [0.4, 0.5) is 0 Å². The van der Waals surface area contributed by atoms with E-state index in [2.05, 4.69) is 40.7 Å². The van der Waals surface area contributed by atoms with Gasteiger partial charge in [0.2, 0.25) is 12.6 Å². The molecule has 0 aromatic carbocycles. The molecule has 0 unspecified atom stereocenters. The molecule has 0 bridgehead atoms. The Bertz CT molecular complexity index is 1840. The standard InChI is InChI=1S/C48H78O20/c1-20-10-13-48(15-14-46(6)23(29(48)21(20)2)8-9-28-44(4)16-24(51)39(60)45(5,19-50)27(44)11-12-47(28,46)7)43(61)66-41-35(57)33(55)31(53)26(65-41)18-62-40-37(59)34(56)38(25(17-49)64-40)67-68-42-36(58)32(54)30(52)22(3)63-42/h8,20-22,24-42,49-60H,9-19H2,1-7H3/t20-,21-,22-,24+,25-,26+,27-,28+,29+,30+,31-,32+,33-,34-,35+,36-,37-,38+,39-,40+,41+,42-,44-,45+,46-,47+,48+/m1/s1. The zero-order valence-electron chi connectivity index (χ0n) is 40.2. The predicted molar refractivity (Wildman–Crippen MR) is 233 cm³/mol. The fraction of sp³-hybridized carbons (Fsp3) is 0.938. The van der Waals surface area contributed by atoms with Crippen LogP contribution in [0, 0.1) is 56.7 Å². The Hall–Kier alpha value is -1.51. The van der Waals surface area contributed by atoms with Crippen molar-refractivity contribution in [2.24, 2.45) is 56.7 Å². The highest BCUT2D eigenvalue weighted by molar-refractivity contribution is 5.79. The smallest absolute Gasteiger partial charge is 0.315 e. The van der Waals surface area contributed by atoms with Crippen molar-refractivity contribution < 1.29 is 99.5 Å². The van der Waals surface area contributed by atoms with Gasteiger partial charge in [-0.15, -0.1) is 0 Å². The number of carbonyl (C=O) groups is 1. The Labute approximate surface area is 397 Å². The van der Waals surface area contributed by atoms with Crippen molar-refractivity contribution in [3.8, 4) is 0 Å². The molecule has 3 saturated heterocycles. The third kappa shape index (κ3) is 8.07. The molecular weight excluding hydrogens is 897 g/mol. The van der Waals surface area contributed by atoms with E-state index in [1.54, 1.807) is 0 Å². The summed E-state index contributed by atoms with van der Waals surface area (Å²) in [5.41, 5.74) is -1.66. The molecule has 0 radical (unpaired) electrons. The van der Waals surface area contributed by atoms with E-state index < -0.39 is 134 Å². The summed E-state index contributed by atoms with van der Waals surface area (Å²) in [6.45, 7) is 12.9. The summed E-state index contributed by atoms with van der Waals surface area (Å²) < 4.78 is 28.8. The average molecular weight is 975 g/mol. The summed E-state index contributed by atoms with van der Waals surface area (Å²) in [7, 11) is 0. The van der Waals surface area contributed by atoms with E-state index in [1.807, 2.05) is 6.92 Å². The fourth-order valence-corrected chi connectivity index (χ4v) is 15.1. The molecule has 7 fully saturated rings. The quantitative estimate of drug-likeness (QED) is 0.0535. The number of aliphatic hydroxyl groups is 12. The van der Waals surface area contributed by atoms with Crippen molar-refractivity contribution in [1.82, 2.24) is 0 Å². The zero-order valence-corrected chi connectivity index (χ0v) is 40.2. The van der Waals surface area contributed by atoms with Crippen LogP contribution < -0.4 is 0 Å². The molecule has 8 aliphatic rings. The molecule has 0 spiro atoms. The number of hydrogen-bond acceptors (Lipinski definition) is 20. The van der Waals surface area contributed by atoms with Crippen LogP contribution in [0.2, 0.25) is 0 Å². The number of hydrogen-bond donors (Lipinski definition) is 12. The van der Waals surface area contributed by atoms with E-state index in [1.165, 1.54) is 12.5 Å². The highest BCUT2D eigenvalue weighted by Crippen LogP contribution is 2.76. The molecule has 5 aliphatic carbocycles. The number of rotatable bonds is 10. The van der Waals surface area contributed by atoms with Crippen LogP contribution in [0.25, 0.3) is 0 Å². The molecule has 20 nitrogen and oxygen atoms in total. The lowest BCUT2D eigenvalue weighted by molar-refractivity contribution is -0.463. The van der Waals surface area contributed by atoms with Gasteiger partial charge in [0.25, 0.3) is 0 Å². The Morgan fingerprint density at radius 1 is 0.691 bits per heavy atom. The molecule has 12 N–H and O–H groups in total. The van der Waals surface area contributed by atoms with Crippen LogP contribution in [0.5, 0.6) is 0 Å². The number of fused-ring (bicyclic) bond motifs is 7. The van der Waals surface area contributed by atoms with E-state index in [-0.39, 0.29) is 52.4 Å². The Balaban J connectivity index is 0.968. The van der Waals surface area contributed by atoms with Crippen LogP contribution in [0.1, 0.15) is 99.8 Å². The van der Waals surface area contributed by atoms with Gasteiger partial charge in [0, 0.05) is 5.41 Å². The van der Waals surface area contributed by atoms with E-state index in [4.69, 9.17) is 33.5 Å². The second-order valence-corrected chi connectivity index (χ2v) is 23.0. The van der Waals surface area contributed by atoms with Crippen molar-refractivity contribution in [3.63, 3.8) is 0 Å². The first-order valence-electron chi connectivity index (χ1n) is 24.7. The number of ether oxygens (including phenoxy) is 5. The third-order valence-corrected chi connectivity index (χ3v) is 19.7. The van der Waals surface area contributed by atoms with E-state index in [0.29, 0.717) is 32.1 Å². The van der Waals surface area contributed by atoms with Crippen molar-refractivity contribution in [2.75, 3.05) is 19.8 Å². The second kappa shape index (κ2) is 19.1. The van der Waals surface area contributed by atoms with Gasteiger partial charge in [-0.2, -0.15) is 0 Å². The van der Waals surface area contributed by atoms with Gasteiger partial charge < -0.3 is 85.0 Å². The minimum absolute atomic E-state index is 0.0138. The van der Waals surface area contributed by atoms with Crippen LogP contribution in [-0.4, -0.2) is 191 Å². The van der Waals surface area contributed by atoms with Gasteiger partial charge in [-0.05, 0) is 104 Å². The molecule has 20 heteroatoms. The average Bonchev–Trinajstić information content (AvgIpc) is 3.30. The summed E-state index contributed by atoms with van der Waals surface area (Å²) in [5.74, 6) is -0.407. The van der Waals surface area contributed by atoms with E-state index in [9.17, 15) is 61.3 Å². The third-order valence-electron chi connectivity index (χ3n) is 19.7. The first-order chi connectivity index (χ1) is 31.9. The maximum atomic E-state index is 15.0. The van der Waals surface area contributed by atoms with Gasteiger partial charge >= 0.3 is 5.97 Å². The number of allylic oxidation sites excluding steroid dienone is 2. The maximum Gasteiger partial charge on any atom is 0.315 e. The first kappa shape index (κ1) is 52.8. The predicted octanol–water partition coefficient (Wildman–Crippen LogP) is -1.10. The summed E-state index contributed by atoms with van der Waals surface area (Å²) in [6.07, 6.45) is -19.2. The lowest BCUT2D eigenvalue weighted by Crippen LogP contribution is -2.68. The van der Waals surface area contributed by atoms with Crippen LogP contribution >= 0.6 is 0 Å². The second-order valence-electron chi connectivity index (χ2n) is 23.0. The lowest BCUT2D eigenvalue weighted by Gasteiger charge is -2.71. The Morgan fingerprint density at radius 3 is 2.01 bits per heavy atom. The molecule has 68 heavy (non-hydrogen) atoms. The van der Waals surface area contributed by atoms with Crippen molar-refractivity contribution in [3.05, 3.63) is 11.6 Å². The largest absolute Gasteiger partial charge is 0.432 e. The zero-order chi connectivity index (χ0) is 49.8.